The molecule has 0 saturated carbocycles. The van der Waals surface area contributed by atoms with Crippen LogP contribution >= 0.6 is 11.3 Å². The fourth-order valence-corrected chi connectivity index (χ4v) is 8.78. The van der Waals surface area contributed by atoms with Crippen molar-refractivity contribution in [2.45, 2.75) is 0 Å². The van der Waals surface area contributed by atoms with Gasteiger partial charge in [0.15, 0.2) is 0 Å². The second-order valence-corrected chi connectivity index (χ2v) is 14.4. The Hall–Kier alpha value is -6.48. The second-order valence-electron chi connectivity index (χ2n) is 13.3. The van der Waals surface area contributed by atoms with Crippen molar-refractivity contribution >= 4 is 70.1 Å². The van der Waals surface area contributed by atoms with Crippen LogP contribution in [-0.4, -0.2) is 0 Å². The van der Waals surface area contributed by atoms with Crippen LogP contribution in [0.1, 0.15) is 0 Å². The van der Waals surface area contributed by atoms with Gasteiger partial charge in [-0.1, -0.05) is 146 Å². The van der Waals surface area contributed by atoms with E-state index in [9.17, 15) is 0 Å². The van der Waals surface area contributed by atoms with E-state index in [1.165, 1.54) is 75.1 Å². The number of rotatable bonds is 6. The standard InChI is InChI=1S/C50H33NS/c1-2-9-34(10-3-1)35-17-25-41(26-18-35)51(43-29-21-39(22-30-43)45-16-8-13-37-11-4-6-14-44(37)45)42-27-19-36(20-28-42)40-24-31-48-47(33-40)50-46-15-7-5-12-38(46)23-32-49(50)52-48/h1-33H. The number of anilines is 3. The van der Waals surface area contributed by atoms with E-state index in [0.29, 0.717) is 0 Å². The first-order chi connectivity index (χ1) is 25.8. The largest absolute Gasteiger partial charge is 0.311 e. The molecule has 0 fully saturated rings. The summed E-state index contributed by atoms with van der Waals surface area (Å²) in [5.41, 5.74) is 10.6. The smallest absolute Gasteiger partial charge is 0.0462 e. The molecule has 0 bridgehead atoms. The summed E-state index contributed by atoms with van der Waals surface area (Å²) < 4.78 is 2.66. The molecule has 10 rings (SSSR count). The Morgan fingerprint density at radius 1 is 0.308 bits per heavy atom. The van der Waals surface area contributed by atoms with Crippen molar-refractivity contribution in [3.05, 3.63) is 200 Å². The maximum Gasteiger partial charge on any atom is 0.0462 e. The van der Waals surface area contributed by atoms with Gasteiger partial charge >= 0.3 is 0 Å². The molecule has 1 heterocycles. The molecule has 0 amide bonds. The van der Waals surface area contributed by atoms with E-state index < -0.39 is 0 Å². The van der Waals surface area contributed by atoms with E-state index in [4.69, 9.17) is 0 Å². The fraction of sp³-hybridized carbons (Fsp3) is 0. The Kier molecular flexibility index (Phi) is 7.41. The van der Waals surface area contributed by atoms with Crippen LogP contribution < -0.4 is 4.90 Å². The molecular formula is C50H33NS. The summed E-state index contributed by atoms with van der Waals surface area (Å²) in [5.74, 6) is 0. The second kappa shape index (κ2) is 12.7. The predicted octanol–water partition coefficient (Wildman–Crippen LogP) is 14.8. The lowest BCUT2D eigenvalue weighted by atomic mass is 9.98. The van der Waals surface area contributed by atoms with Crippen molar-refractivity contribution in [2.75, 3.05) is 4.90 Å². The highest BCUT2D eigenvalue weighted by Crippen LogP contribution is 2.42. The van der Waals surface area contributed by atoms with Gasteiger partial charge < -0.3 is 4.90 Å². The zero-order valence-corrected chi connectivity index (χ0v) is 29.2. The molecule has 1 aromatic heterocycles. The third kappa shape index (κ3) is 5.33. The van der Waals surface area contributed by atoms with E-state index in [-0.39, 0.29) is 0 Å². The van der Waals surface area contributed by atoms with Crippen LogP contribution in [0.15, 0.2) is 200 Å². The summed E-state index contributed by atoms with van der Waals surface area (Å²) in [5, 5.41) is 7.80. The van der Waals surface area contributed by atoms with Crippen molar-refractivity contribution < 1.29 is 0 Å². The summed E-state index contributed by atoms with van der Waals surface area (Å²) in [6.07, 6.45) is 0. The van der Waals surface area contributed by atoms with Crippen LogP contribution in [0.2, 0.25) is 0 Å². The van der Waals surface area contributed by atoms with Gasteiger partial charge in [-0.05, 0) is 110 Å². The SMILES string of the molecule is c1ccc(-c2ccc(N(c3ccc(-c4ccc5sc6ccc7ccccc7c6c5c4)cc3)c3ccc(-c4cccc5ccccc45)cc3)cc2)cc1. The number of thiophene rings is 1. The molecule has 52 heavy (non-hydrogen) atoms. The summed E-state index contributed by atoms with van der Waals surface area (Å²) in [7, 11) is 0. The average Bonchev–Trinajstić information content (AvgIpc) is 3.61. The molecule has 244 valence electrons. The van der Waals surface area contributed by atoms with Gasteiger partial charge in [-0.15, -0.1) is 11.3 Å². The van der Waals surface area contributed by atoms with Crippen LogP contribution in [-0.2, 0) is 0 Å². The highest BCUT2D eigenvalue weighted by atomic mass is 32.1. The van der Waals surface area contributed by atoms with Gasteiger partial charge in [0.05, 0.1) is 0 Å². The van der Waals surface area contributed by atoms with E-state index >= 15 is 0 Å². The van der Waals surface area contributed by atoms with Gasteiger partial charge in [0.25, 0.3) is 0 Å². The van der Waals surface area contributed by atoms with Gasteiger partial charge in [-0.2, -0.15) is 0 Å². The summed E-state index contributed by atoms with van der Waals surface area (Å²) in [6, 6.07) is 72.8. The average molecular weight is 680 g/mol. The number of hydrogen-bond donors (Lipinski definition) is 0. The molecule has 0 aliphatic heterocycles. The fourth-order valence-electron chi connectivity index (χ4n) is 7.68. The molecule has 0 aliphatic carbocycles. The highest BCUT2D eigenvalue weighted by molar-refractivity contribution is 7.26. The van der Waals surface area contributed by atoms with E-state index in [1.807, 2.05) is 11.3 Å². The van der Waals surface area contributed by atoms with Crippen molar-refractivity contribution in [1.29, 1.82) is 0 Å². The lowest BCUT2D eigenvalue weighted by Crippen LogP contribution is -2.09. The van der Waals surface area contributed by atoms with Crippen LogP contribution in [0, 0.1) is 0 Å². The minimum absolute atomic E-state index is 1.11. The zero-order chi connectivity index (χ0) is 34.4. The molecule has 0 N–H and O–H groups in total. The molecule has 2 heteroatoms. The summed E-state index contributed by atoms with van der Waals surface area (Å²) in [6.45, 7) is 0. The molecule has 0 saturated heterocycles. The number of hydrogen-bond acceptors (Lipinski definition) is 2. The Morgan fingerprint density at radius 3 is 1.50 bits per heavy atom. The van der Waals surface area contributed by atoms with Crippen LogP contribution in [0.4, 0.5) is 17.1 Å². The van der Waals surface area contributed by atoms with Crippen molar-refractivity contribution in [1.82, 2.24) is 0 Å². The molecule has 10 aromatic rings. The molecule has 0 radical (unpaired) electrons. The van der Waals surface area contributed by atoms with Crippen LogP contribution in [0.3, 0.4) is 0 Å². The zero-order valence-electron chi connectivity index (χ0n) is 28.4. The number of benzene rings is 9. The topological polar surface area (TPSA) is 3.24 Å². The number of fused-ring (bicyclic) bond motifs is 6. The van der Waals surface area contributed by atoms with E-state index in [0.717, 1.165) is 17.1 Å². The molecule has 1 nitrogen and oxygen atoms in total. The van der Waals surface area contributed by atoms with E-state index in [1.54, 1.807) is 0 Å². The summed E-state index contributed by atoms with van der Waals surface area (Å²) in [4.78, 5) is 2.35. The molecule has 0 aliphatic rings. The third-order valence-electron chi connectivity index (χ3n) is 10.3. The van der Waals surface area contributed by atoms with Crippen LogP contribution in [0.5, 0.6) is 0 Å². The monoisotopic (exact) mass is 679 g/mol. The Morgan fingerprint density at radius 2 is 0.808 bits per heavy atom. The lowest BCUT2D eigenvalue weighted by molar-refractivity contribution is 1.28. The molecule has 0 spiro atoms. The number of nitrogens with zero attached hydrogens (tertiary/aromatic N) is 1. The Labute approximate surface area is 307 Å². The first-order valence-corrected chi connectivity index (χ1v) is 18.6. The highest BCUT2D eigenvalue weighted by Gasteiger charge is 2.15. The van der Waals surface area contributed by atoms with Crippen molar-refractivity contribution in [2.24, 2.45) is 0 Å². The Bertz CT molecular complexity index is 2860. The molecule has 0 atom stereocenters. The summed E-state index contributed by atoms with van der Waals surface area (Å²) >= 11 is 1.87. The lowest BCUT2D eigenvalue weighted by Gasteiger charge is -2.26. The van der Waals surface area contributed by atoms with Crippen molar-refractivity contribution in [3.63, 3.8) is 0 Å². The third-order valence-corrected chi connectivity index (χ3v) is 11.4. The van der Waals surface area contributed by atoms with E-state index in [2.05, 4.69) is 205 Å². The minimum atomic E-state index is 1.11. The Balaban J connectivity index is 1.04. The molecular weight excluding hydrogens is 647 g/mol. The van der Waals surface area contributed by atoms with Gasteiger partial charge in [0.1, 0.15) is 0 Å². The van der Waals surface area contributed by atoms with Crippen molar-refractivity contribution in [3.8, 4) is 33.4 Å². The van der Waals surface area contributed by atoms with Gasteiger partial charge in [-0.3, -0.25) is 0 Å². The first-order valence-electron chi connectivity index (χ1n) is 17.8. The van der Waals surface area contributed by atoms with Gasteiger partial charge in [-0.25, -0.2) is 0 Å². The van der Waals surface area contributed by atoms with Gasteiger partial charge in [0, 0.05) is 37.2 Å². The van der Waals surface area contributed by atoms with Gasteiger partial charge in [0.2, 0.25) is 0 Å². The minimum Gasteiger partial charge on any atom is -0.311 e. The molecule has 9 aromatic carbocycles. The van der Waals surface area contributed by atoms with Crippen LogP contribution in [0.25, 0.3) is 75.1 Å². The predicted molar refractivity (Wildman–Crippen MR) is 225 cm³/mol. The maximum absolute atomic E-state index is 2.38. The first kappa shape index (κ1) is 30.4. The maximum atomic E-state index is 2.38. The molecule has 0 unspecified atom stereocenters. The normalized spacial score (nSPS) is 11.5. The quantitative estimate of drug-likeness (QED) is 0.169.